The Balaban J connectivity index is 1.36. The molecule has 0 aliphatic heterocycles. The van der Waals surface area contributed by atoms with E-state index in [9.17, 15) is 0 Å². The molecule has 2 unspecified atom stereocenters. The molecule has 0 spiro atoms. The molecule has 0 saturated heterocycles. The van der Waals surface area contributed by atoms with Crippen molar-refractivity contribution in [3.63, 3.8) is 0 Å². The molecule has 31 heavy (non-hydrogen) atoms. The van der Waals surface area contributed by atoms with Gasteiger partial charge in [-0.25, -0.2) is 8.78 Å². The maximum absolute atomic E-state index is 15.1. The highest BCUT2D eigenvalue weighted by atomic mass is 19.2. The Labute approximate surface area is 188 Å². The number of rotatable bonds is 6. The number of halogens is 2. The van der Waals surface area contributed by atoms with Crippen LogP contribution < -0.4 is 0 Å². The van der Waals surface area contributed by atoms with E-state index in [1.54, 1.807) is 0 Å². The highest BCUT2D eigenvalue weighted by molar-refractivity contribution is 5.32. The fourth-order valence-electron chi connectivity index (χ4n) is 6.87. The molecular weight excluding hydrogens is 386 g/mol. The van der Waals surface area contributed by atoms with E-state index in [1.165, 1.54) is 44.9 Å². The van der Waals surface area contributed by atoms with Gasteiger partial charge in [-0.1, -0.05) is 51.0 Å². The van der Waals surface area contributed by atoms with Crippen LogP contribution in [0.2, 0.25) is 0 Å². The minimum Gasteiger partial charge on any atom is -0.203 e. The molecule has 1 aromatic carbocycles. The van der Waals surface area contributed by atoms with Crippen molar-refractivity contribution < 1.29 is 8.78 Å². The summed E-state index contributed by atoms with van der Waals surface area (Å²) >= 11 is 0. The smallest absolute Gasteiger partial charge is 0.162 e. The lowest BCUT2D eigenvalue weighted by atomic mass is 9.70. The molecule has 3 aliphatic rings. The lowest BCUT2D eigenvalue weighted by Crippen LogP contribution is -2.23. The molecule has 0 radical (unpaired) electrons. The maximum Gasteiger partial charge on any atom is 0.162 e. The van der Waals surface area contributed by atoms with Crippen molar-refractivity contribution in [3.8, 4) is 0 Å². The zero-order valence-corrected chi connectivity index (χ0v) is 19.7. The molecule has 2 fully saturated rings. The van der Waals surface area contributed by atoms with Crippen LogP contribution in [0.3, 0.4) is 0 Å². The molecule has 172 valence electrons. The molecule has 0 amide bonds. The Morgan fingerprint density at radius 2 is 1.29 bits per heavy atom. The quantitative estimate of drug-likeness (QED) is 0.396. The van der Waals surface area contributed by atoms with E-state index >= 15 is 8.78 Å². The molecule has 0 bridgehead atoms. The van der Waals surface area contributed by atoms with Crippen LogP contribution in [-0.4, -0.2) is 0 Å². The van der Waals surface area contributed by atoms with Crippen LogP contribution in [0.5, 0.6) is 0 Å². The summed E-state index contributed by atoms with van der Waals surface area (Å²) in [6.45, 7) is 4.51. The van der Waals surface area contributed by atoms with E-state index in [0.717, 1.165) is 56.3 Å². The Morgan fingerprint density at radius 3 is 1.77 bits per heavy atom. The van der Waals surface area contributed by atoms with Crippen LogP contribution in [0.25, 0.3) is 0 Å². The number of benzene rings is 1. The van der Waals surface area contributed by atoms with Gasteiger partial charge in [0.15, 0.2) is 11.6 Å². The Morgan fingerprint density at radius 1 is 0.710 bits per heavy atom. The van der Waals surface area contributed by atoms with Crippen LogP contribution in [0.1, 0.15) is 120 Å². The standard InChI is InChI=1S/C29H42F2/c1-3-5-21-8-12-24(13-9-21)26-18-19-27(29(31)28(26)30)25-16-14-23(15-17-25)22-10-6-20(4-2)7-11-22/h6,10,18-25H,3-5,7-9,11-17H2,1-2H3. The van der Waals surface area contributed by atoms with Gasteiger partial charge in [0.1, 0.15) is 0 Å². The first-order valence-electron chi connectivity index (χ1n) is 13.3. The summed E-state index contributed by atoms with van der Waals surface area (Å²) in [4.78, 5) is 0. The summed E-state index contributed by atoms with van der Waals surface area (Å²) in [5.41, 5.74) is 1.28. The summed E-state index contributed by atoms with van der Waals surface area (Å²) in [6.07, 6.45) is 20.0. The largest absolute Gasteiger partial charge is 0.203 e. The van der Waals surface area contributed by atoms with Gasteiger partial charge < -0.3 is 0 Å². The Hall–Kier alpha value is -1.18. The van der Waals surface area contributed by atoms with Gasteiger partial charge >= 0.3 is 0 Å². The third-order valence-corrected chi connectivity index (χ3v) is 8.97. The fourth-order valence-corrected chi connectivity index (χ4v) is 6.87. The average Bonchev–Trinajstić information content (AvgIpc) is 2.82. The lowest BCUT2D eigenvalue weighted by Gasteiger charge is -2.35. The highest BCUT2D eigenvalue weighted by Crippen LogP contribution is 2.44. The first kappa shape index (κ1) is 23.0. The number of hydrogen-bond donors (Lipinski definition) is 0. The second-order valence-electron chi connectivity index (χ2n) is 10.8. The van der Waals surface area contributed by atoms with Gasteiger partial charge in [-0.3, -0.25) is 0 Å². The van der Waals surface area contributed by atoms with Crippen molar-refractivity contribution in [2.45, 2.75) is 109 Å². The second-order valence-corrected chi connectivity index (χ2v) is 10.8. The van der Waals surface area contributed by atoms with Crippen LogP contribution in [0.4, 0.5) is 8.78 Å². The zero-order chi connectivity index (χ0) is 21.8. The summed E-state index contributed by atoms with van der Waals surface area (Å²) < 4.78 is 30.2. The van der Waals surface area contributed by atoms with E-state index in [1.807, 2.05) is 12.1 Å². The summed E-state index contributed by atoms with van der Waals surface area (Å²) in [7, 11) is 0. The Kier molecular flexibility index (Phi) is 7.88. The third-order valence-electron chi connectivity index (χ3n) is 8.97. The van der Waals surface area contributed by atoms with Gasteiger partial charge in [0.05, 0.1) is 0 Å². The number of hydrogen-bond acceptors (Lipinski definition) is 0. The molecule has 2 heteroatoms. The van der Waals surface area contributed by atoms with Crippen molar-refractivity contribution in [2.75, 3.05) is 0 Å². The van der Waals surface area contributed by atoms with E-state index in [4.69, 9.17) is 0 Å². The van der Waals surface area contributed by atoms with Crippen LogP contribution in [0.15, 0.2) is 24.3 Å². The van der Waals surface area contributed by atoms with Crippen LogP contribution in [0, 0.1) is 35.3 Å². The first-order valence-corrected chi connectivity index (χ1v) is 13.3. The fraction of sp³-hybridized carbons (Fsp3) is 0.724. The molecule has 2 saturated carbocycles. The van der Waals surface area contributed by atoms with E-state index < -0.39 is 11.6 Å². The topological polar surface area (TPSA) is 0 Å². The molecule has 0 nitrogen and oxygen atoms in total. The van der Waals surface area contributed by atoms with Crippen LogP contribution >= 0.6 is 0 Å². The molecule has 2 atom stereocenters. The van der Waals surface area contributed by atoms with E-state index in [-0.39, 0.29) is 11.8 Å². The zero-order valence-electron chi connectivity index (χ0n) is 19.7. The van der Waals surface area contributed by atoms with Gasteiger partial charge in [-0.05, 0) is 117 Å². The minimum atomic E-state index is -0.542. The highest BCUT2D eigenvalue weighted by Gasteiger charge is 2.32. The van der Waals surface area contributed by atoms with E-state index in [2.05, 4.69) is 26.0 Å². The second kappa shape index (κ2) is 10.6. The molecule has 0 heterocycles. The van der Waals surface area contributed by atoms with Gasteiger partial charge in [0.2, 0.25) is 0 Å². The van der Waals surface area contributed by atoms with Gasteiger partial charge in [0, 0.05) is 0 Å². The first-order chi connectivity index (χ1) is 15.1. The number of allylic oxidation sites excluding steroid dienone is 2. The van der Waals surface area contributed by atoms with Gasteiger partial charge in [-0.15, -0.1) is 0 Å². The van der Waals surface area contributed by atoms with Gasteiger partial charge in [0.25, 0.3) is 0 Å². The summed E-state index contributed by atoms with van der Waals surface area (Å²) in [6, 6.07) is 3.86. The van der Waals surface area contributed by atoms with Crippen LogP contribution in [-0.2, 0) is 0 Å². The minimum absolute atomic E-state index is 0.191. The van der Waals surface area contributed by atoms with Crippen molar-refractivity contribution in [1.82, 2.24) is 0 Å². The predicted molar refractivity (Wildman–Crippen MR) is 126 cm³/mol. The normalized spacial score (nSPS) is 34.1. The molecule has 3 aliphatic carbocycles. The molecule has 4 rings (SSSR count). The predicted octanol–water partition coefficient (Wildman–Crippen LogP) is 9.30. The van der Waals surface area contributed by atoms with Crippen molar-refractivity contribution in [1.29, 1.82) is 0 Å². The van der Waals surface area contributed by atoms with Gasteiger partial charge in [-0.2, -0.15) is 0 Å². The summed E-state index contributed by atoms with van der Waals surface area (Å²) in [5, 5.41) is 0. The Bertz CT molecular complexity index is 735. The SMILES string of the molecule is CCCC1CCC(c2ccc(C3CCC(C4C=CC(CC)CC4)CC3)c(F)c2F)CC1. The van der Waals surface area contributed by atoms with Crippen molar-refractivity contribution >= 4 is 0 Å². The third kappa shape index (κ3) is 5.25. The average molecular weight is 429 g/mol. The van der Waals surface area contributed by atoms with Crippen molar-refractivity contribution in [2.24, 2.45) is 23.7 Å². The molecule has 1 aromatic rings. The maximum atomic E-state index is 15.1. The monoisotopic (exact) mass is 428 g/mol. The molecule has 0 N–H and O–H groups in total. The molecule has 0 aromatic heterocycles. The lowest BCUT2D eigenvalue weighted by molar-refractivity contribution is 0.237. The molecular formula is C29H42F2. The summed E-state index contributed by atoms with van der Waals surface area (Å²) in [5.74, 6) is 2.31. The van der Waals surface area contributed by atoms with Crippen molar-refractivity contribution in [3.05, 3.63) is 47.0 Å². The van der Waals surface area contributed by atoms with E-state index in [0.29, 0.717) is 17.0 Å².